The largest absolute Gasteiger partial charge is 0.353 e. The van der Waals surface area contributed by atoms with Crippen LogP contribution < -0.4 is 10.6 Å². The summed E-state index contributed by atoms with van der Waals surface area (Å²) in [7, 11) is -3.64. The van der Waals surface area contributed by atoms with E-state index in [0.29, 0.717) is 50.9 Å². The highest BCUT2D eigenvalue weighted by Gasteiger charge is 2.33. The van der Waals surface area contributed by atoms with Crippen LogP contribution in [0.2, 0.25) is 0 Å². The number of nitrogens with zero attached hydrogens (tertiary/aromatic N) is 1. The molecule has 2 aromatic carbocycles. The van der Waals surface area contributed by atoms with Gasteiger partial charge in [0.15, 0.2) is 0 Å². The molecule has 0 saturated carbocycles. The summed E-state index contributed by atoms with van der Waals surface area (Å²) in [5.41, 5.74) is 2.80. The fourth-order valence-electron chi connectivity index (χ4n) is 4.68. The van der Waals surface area contributed by atoms with Crippen LogP contribution in [0.3, 0.4) is 0 Å². The highest BCUT2D eigenvalue weighted by molar-refractivity contribution is 7.89. The molecule has 1 unspecified atom stereocenters. The van der Waals surface area contributed by atoms with Crippen molar-refractivity contribution in [1.29, 1.82) is 0 Å². The molecular formula is C26H33N3O4S. The maximum absolute atomic E-state index is 13.2. The predicted octanol–water partition coefficient (Wildman–Crippen LogP) is 3.50. The number of amides is 2. The van der Waals surface area contributed by atoms with Crippen LogP contribution in [-0.4, -0.2) is 43.7 Å². The van der Waals surface area contributed by atoms with Gasteiger partial charge >= 0.3 is 0 Å². The Morgan fingerprint density at radius 2 is 1.85 bits per heavy atom. The number of hydrogen-bond acceptors (Lipinski definition) is 4. The SMILES string of the molecule is CC(CCc1ccccc1)NC(=O)C1CCN(S(=O)(=O)c2ccc3c(c2)CCCC(=O)N3)CC1. The summed E-state index contributed by atoms with van der Waals surface area (Å²) in [6, 6.07) is 15.2. The highest BCUT2D eigenvalue weighted by atomic mass is 32.2. The smallest absolute Gasteiger partial charge is 0.243 e. The second-order valence-electron chi connectivity index (χ2n) is 9.33. The number of nitrogens with one attached hydrogen (secondary N) is 2. The molecule has 2 heterocycles. The first-order valence-corrected chi connectivity index (χ1v) is 13.5. The van der Waals surface area contributed by atoms with Crippen molar-refractivity contribution in [1.82, 2.24) is 9.62 Å². The van der Waals surface area contributed by atoms with Crippen molar-refractivity contribution in [3.63, 3.8) is 0 Å². The van der Waals surface area contributed by atoms with Gasteiger partial charge in [0.2, 0.25) is 21.8 Å². The standard InChI is InChI=1S/C26H33N3O4S/c1-19(10-11-20-6-3-2-4-7-20)27-26(31)21-14-16-29(17-15-21)34(32,33)23-12-13-24-22(18-23)8-5-9-25(30)28-24/h2-4,6-7,12-13,18-19,21H,5,8-11,14-17H2,1H3,(H,27,31)(H,28,30). The van der Waals surface area contributed by atoms with Crippen LogP contribution in [0.25, 0.3) is 0 Å². The maximum atomic E-state index is 13.2. The third-order valence-electron chi connectivity index (χ3n) is 6.76. The quantitative estimate of drug-likeness (QED) is 0.630. The van der Waals surface area contributed by atoms with Crippen molar-refractivity contribution in [2.45, 2.75) is 62.8 Å². The molecule has 1 fully saturated rings. The van der Waals surface area contributed by atoms with Gasteiger partial charge in [-0.2, -0.15) is 4.31 Å². The zero-order chi connectivity index (χ0) is 24.1. The zero-order valence-corrected chi connectivity index (χ0v) is 20.4. The summed E-state index contributed by atoms with van der Waals surface area (Å²) in [5.74, 6) is -0.199. The Morgan fingerprint density at radius 1 is 1.12 bits per heavy atom. The Labute approximate surface area is 202 Å². The number of benzene rings is 2. The van der Waals surface area contributed by atoms with Crippen molar-refractivity contribution < 1.29 is 18.0 Å². The van der Waals surface area contributed by atoms with E-state index < -0.39 is 10.0 Å². The summed E-state index contributed by atoms with van der Waals surface area (Å²) >= 11 is 0. The number of piperidine rings is 1. The second-order valence-corrected chi connectivity index (χ2v) is 11.3. The molecule has 2 aliphatic rings. The van der Waals surface area contributed by atoms with Crippen LogP contribution in [0.1, 0.15) is 50.2 Å². The minimum absolute atomic E-state index is 0.0124. The van der Waals surface area contributed by atoms with E-state index in [1.54, 1.807) is 18.2 Å². The lowest BCUT2D eigenvalue weighted by molar-refractivity contribution is -0.126. The molecule has 7 nitrogen and oxygen atoms in total. The third-order valence-corrected chi connectivity index (χ3v) is 8.66. The van der Waals surface area contributed by atoms with Crippen molar-refractivity contribution >= 4 is 27.5 Å². The molecule has 8 heteroatoms. The average Bonchev–Trinajstić information content (AvgIpc) is 3.03. The van der Waals surface area contributed by atoms with Crippen molar-refractivity contribution in [2.24, 2.45) is 5.92 Å². The second kappa shape index (κ2) is 10.7. The number of carbonyl (C=O) groups is 2. The van der Waals surface area contributed by atoms with Crippen LogP contribution >= 0.6 is 0 Å². The van der Waals surface area contributed by atoms with Crippen LogP contribution in [-0.2, 0) is 32.5 Å². The lowest BCUT2D eigenvalue weighted by Crippen LogP contribution is -2.44. The van der Waals surface area contributed by atoms with Crippen LogP contribution in [0, 0.1) is 5.92 Å². The van der Waals surface area contributed by atoms with E-state index in [9.17, 15) is 18.0 Å². The van der Waals surface area contributed by atoms with E-state index >= 15 is 0 Å². The fourth-order valence-corrected chi connectivity index (χ4v) is 6.20. The van der Waals surface area contributed by atoms with Crippen LogP contribution in [0.15, 0.2) is 53.4 Å². The van der Waals surface area contributed by atoms with Crippen molar-refractivity contribution in [3.8, 4) is 0 Å². The molecule has 2 amide bonds. The van der Waals surface area contributed by atoms with Gasteiger partial charge in [0, 0.05) is 37.2 Å². The van der Waals surface area contributed by atoms with E-state index in [-0.39, 0.29) is 28.7 Å². The maximum Gasteiger partial charge on any atom is 0.243 e. The molecule has 2 N–H and O–H groups in total. The van der Waals surface area contributed by atoms with E-state index in [4.69, 9.17) is 0 Å². The molecular weight excluding hydrogens is 450 g/mol. The Balaban J connectivity index is 1.31. The minimum Gasteiger partial charge on any atom is -0.353 e. The van der Waals surface area contributed by atoms with E-state index in [2.05, 4.69) is 22.8 Å². The van der Waals surface area contributed by atoms with E-state index in [1.165, 1.54) is 9.87 Å². The summed E-state index contributed by atoms with van der Waals surface area (Å²) in [6.45, 7) is 2.67. The summed E-state index contributed by atoms with van der Waals surface area (Å²) in [5, 5.41) is 5.95. The first-order valence-electron chi connectivity index (χ1n) is 12.1. The normalized spacial score (nSPS) is 18.4. The molecule has 182 valence electrons. The molecule has 0 bridgehead atoms. The first-order chi connectivity index (χ1) is 16.3. The number of carbonyl (C=O) groups excluding carboxylic acids is 2. The summed E-state index contributed by atoms with van der Waals surface area (Å²) in [4.78, 5) is 24.8. The fraction of sp³-hybridized carbons (Fsp3) is 0.462. The minimum atomic E-state index is -3.64. The molecule has 0 aromatic heterocycles. The molecule has 0 radical (unpaired) electrons. The van der Waals surface area contributed by atoms with E-state index in [1.807, 2.05) is 25.1 Å². The number of rotatable bonds is 7. The van der Waals surface area contributed by atoms with Gasteiger partial charge in [0.25, 0.3) is 0 Å². The van der Waals surface area contributed by atoms with Gasteiger partial charge in [-0.1, -0.05) is 30.3 Å². The molecule has 2 aromatic rings. The third kappa shape index (κ3) is 5.85. The van der Waals surface area contributed by atoms with Gasteiger partial charge in [-0.05, 0) is 74.8 Å². The van der Waals surface area contributed by atoms with Crippen LogP contribution in [0.4, 0.5) is 5.69 Å². The molecule has 1 atom stereocenters. The average molecular weight is 484 g/mol. The van der Waals surface area contributed by atoms with Gasteiger partial charge in [-0.15, -0.1) is 0 Å². The Hall–Kier alpha value is -2.71. The molecule has 1 saturated heterocycles. The first kappa shape index (κ1) is 24.4. The predicted molar refractivity (Wildman–Crippen MR) is 132 cm³/mol. The number of anilines is 1. The lowest BCUT2D eigenvalue weighted by Gasteiger charge is -2.31. The molecule has 4 rings (SSSR count). The molecule has 2 aliphatic heterocycles. The van der Waals surface area contributed by atoms with Crippen molar-refractivity contribution in [2.75, 3.05) is 18.4 Å². The number of aryl methyl sites for hydroxylation is 2. The van der Waals surface area contributed by atoms with E-state index in [0.717, 1.165) is 18.4 Å². The van der Waals surface area contributed by atoms with Crippen LogP contribution in [0.5, 0.6) is 0 Å². The van der Waals surface area contributed by atoms with Gasteiger partial charge < -0.3 is 10.6 Å². The topological polar surface area (TPSA) is 95.6 Å². The molecule has 0 spiro atoms. The lowest BCUT2D eigenvalue weighted by atomic mass is 9.96. The summed E-state index contributed by atoms with van der Waals surface area (Å²) < 4.78 is 27.9. The monoisotopic (exact) mass is 483 g/mol. The van der Waals surface area contributed by atoms with Gasteiger partial charge in [-0.3, -0.25) is 9.59 Å². The van der Waals surface area contributed by atoms with Crippen molar-refractivity contribution in [3.05, 3.63) is 59.7 Å². The van der Waals surface area contributed by atoms with Gasteiger partial charge in [-0.25, -0.2) is 8.42 Å². The van der Waals surface area contributed by atoms with Gasteiger partial charge in [0.05, 0.1) is 4.90 Å². The zero-order valence-electron chi connectivity index (χ0n) is 19.6. The number of fused-ring (bicyclic) bond motifs is 1. The molecule has 34 heavy (non-hydrogen) atoms. The Morgan fingerprint density at radius 3 is 2.59 bits per heavy atom. The summed E-state index contributed by atoms with van der Waals surface area (Å²) in [6.07, 6.45) is 4.60. The Kier molecular flexibility index (Phi) is 7.68. The van der Waals surface area contributed by atoms with Gasteiger partial charge in [0.1, 0.15) is 0 Å². The number of hydrogen-bond donors (Lipinski definition) is 2. The number of sulfonamides is 1. The highest BCUT2D eigenvalue weighted by Crippen LogP contribution is 2.29. The Bertz CT molecular complexity index is 1130. The molecule has 0 aliphatic carbocycles.